The fraction of sp³-hybridized carbons (Fsp3) is 0.111. The number of pyridine rings is 1. The van der Waals surface area contributed by atoms with Gasteiger partial charge in [-0.05, 0) is 43.3 Å². The summed E-state index contributed by atoms with van der Waals surface area (Å²) in [4.78, 5) is 20.3. The lowest BCUT2D eigenvalue weighted by atomic mass is 10.2. The van der Waals surface area contributed by atoms with Gasteiger partial charge in [0.2, 0.25) is 0 Å². The summed E-state index contributed by atoms with van der Waals surface area (Å²) in [7, 11) is 0. The summed E-state index contributed by atoms with van der Waals surface area (Å²) in [6.45, 7) is 1.84. The fourth-order valence-electron chi connectivity index (χ4n) is 2.52. The van der Waals surface area contributed by atoms with Crippen LogP contribution >= 0.6 is 0 Å². The number of anilines is 2. The molecule has 7 nitrogen and oxygen atoms in total. The first-order chi connectivity index (χ1) is 12.2. The van der Waals surface area contributed by atoms with E-state index in [4.69, 9.17) is 4.74 Å². The molecule has 4 rings (SSSR count). The number of hydrogen-bond acceptors (Lipinski definition) is 6. The quantitative estimate of drug-likeness (QED) is 0.782. The molecular weight excluding hydrogens is 318 g/mol. The maximum Gasteiger partial charge on any atom is 0.254 e. The Morgan fingerprint density at radius 2 is 1.80 bits per heavy atom. The molecule has 0 saturated carbocycles. The minimum Gasteiger partial charge on any atom is -0.457 e. The lowest BCUT2D eigenvalue weighted by Gasteiger charge is -2.08. The van der Waals surface area contributed by atoms with Crippen LogP contribution in [0.4, 0.5) is 17.3 Å². The van der Waals surface area contributed by atoms with Crippen LogP contribution in [0.1, 0.15) is 18.1 Å². The van der Waals surface area contributed by atoms with Gasteiger partial charge in [-0.3, -0.25) is 9.78 Å². The van der Waals surface area contributed by atoms with Gasteiger partial charge >= 0.3 is 0 Å². The van der Waals surface area contributed by atoms with Crippen LogP contribution in [0.2, 0.25) is 0 Å². The number of ether oxygens (including phenoxy) is 1. The van der Waals surface area contributed by atoms with Gasteiger partial charge in [0, 0.05) is 29.9 Å². The second-order valence-corrected chi connectivity index (χ2v) is 5.65. The van der Waals surface area contributed by atoms with Gasteiger partial charge in [-0.25, -0.2) is 4.99 Å². The number of benzene rings is 1. The van der Waals surface area contributed by atoms with E-state index in [0.29, 0.717) is 18.1 Å². The molecule has 1 aliphatic heterocycles. The molecule has 0 bridgehead atoms. The zero-order chi connectivity index (χ0) is 17.2. The third-order valence-electron chi connectivity index (χ3n) is 3.65. The normalized spacial score (nSPS) is 13.2. The number of carbonyl (C=O) groups is 1. The predicted octanol–water partition coefficient (Wildman–Crippen LogP) is 3.95. The fourth-order valence-corrected chi connectivity index (χ4v) is 2.52. The van der Waals surface area contributed by atoms with Gasteiger partial charge in [0.15, 0.2) is 11.6 Å². The molecule has 1 aromatic carbocycles. The predicted molar refractivity (Wildman–Crippen MR) is 94.3 cm³/mol. The van der Waals surface area contributed by atoms with E-state index in [-0.39, 0.29) is 5.91 Å². The SMILES string of the molecule is CC1=Nc2cc(Nc3ccc(Oc4ccncc4)cc3)nn2C(=O)C1. The Balaban J connectivity index is 1.49. The second kappa shape index (κ2) is 6.20. The molecule has 0 spiro atoms. The summed E-state index contributed by atoms with van der Waals surface area (Å²) in [5.74, 6) is 2.50. The Bertz CT molecular complexity index is 945. The van der Waals surface area contributed by atoms with Crippen molar-refractivity contribution in [2.75, 3.05) is 5.32 Å². The van der Waals surface area contributed by atoms with E-state index in [9.17, 15) is 4.79 Å². The van der Waals surface area contributed by atoms with Crippen LogP contribution in [0.15, 0.2) is 59.9 Å². The molecule has 0 aliphatic carbocycles. The molecule has 0 fully saturated rings. The third-order valence-corrected chi connectivity index (χ3v) is 3.65. The first-order valence-corrected chi connectivity index (χ1v) is 7.80. The van der Waals surface area contributed by atoms with Gasteiger partial charge in [-0.15, -0.1) is 5.10 Å². The standard InChI is InChI=1S/C18H15N5O2/c1-12-10-18(24)23-17(20-12)11-16(22-23)21-13-2-4-14(5-3-13)25-15-6-8-19-9-7-15/h2-9,11H,10H2,1H3,(H,21,22). The van der Waals surface area contributed by atoms with Crippen molar-refractivity contribution in [1.29, 1.82) is 0 Å². The van der Waals surface area contributed by atoms with E-state index < -0.39 is 0 Å². The lowest BCUT2D eigenvalue weighted by Crippen LogP contribution is -2.19. The molecule has 3 heterocycles. The first-order valence-electron chi connectivity index (χ1n) is 7.80. The summed E-state index contributed by atoms with van der Waals surface area (Å²) >= 11 is 0. The maximum absolute atomic E-state index is 12.0. The van der Waals surface area contributed by atoms with Crippen molar-refractivity contribution in [3.05, 3.63) is 54.9 Å². The monoisotopic (exact) mass is 333 g/mol. The molecule has 0 atom stereocenters. The zero-order valence-electron chi connectivity index (χ0n) is 13.5. The smallest absolute Gasteiger partial charge is 0.254 e. The average molecular weight is 333 g/mol. The zero-order valence-corrected chi connectivity index (χ0v) is 13.5. The van der Waals surface area contributed by atoms with Gasteiger partial charge in [0.25, 0.3) is 5.91 Å². The highest BCUT2D eigenvalue weighted by molar-refractivity contribution is 6.05. The van der Waals surface area contributed by atoms with Crippen LogP contribution in [0.3, 0.4) is 0 Å². The number of hydrogen-bond donors (Lipinski definition) is 1. The van der Waals surface area contributed by atoms with Crippen LogP contribution in [0.25, 0.3) is 0 Å². The van der Waals surface area contributed by atoms with Crippen molar-refractivity contribution < 1.29 is 9.53 Å². The highest BCUT2D eigenvalue weighted by atomic mass is 16.5. The summed E-state index contributed by atoms with van der Waals surface area (Å²) in [5, 5.41) is 7.43. The van der Waals surface area contributed by atoms with Crippen molar-refractivity contribution in [3.8, 4) is 11.5 Å². The average Bonchev–Trinajstić information content (AvgIpc) is 3.00. The number of aromatic nitrogens is 3. The van der Waals surface area contributed by atoms with E-state index in [1.54, 1.807) is 30.6 Å². The van der Waals surface area contributed by atoms with E-state index >= 15 is 0 Å². The van der Waals surface area contributed by atoms with Gasteiger partial charge in [0.05, 0.1) is 6.42 Å². The molecule has 124 valence electrons. The van der Waals surface area contributed by atoms with E-state index in [1.165, 1.54) is 4.68 Å². The minimum atomic E-state index is -0.0725. The molecule has 3 aromatic rings. The largest absolute Gasteiger partial charge is 0.457 e. The summed E-state index contributed by atoms with van der Waals surface area (Å²) < 4.78 is 7.06. The second-order valence-electron chi connectivity index (χ2n) is 5.65. The van der Waals surface area contributed by atoms with Gasteiger partial charge in [-0.1, -0.05) is 0 Å². The Hall–Kier alpha value is -3.48. The highest BCUT2D eigenvalue weighted by Crippen LogP contribution is 2.27. The Morgan fingerprint density at radius 1 is 1.08 bits per heavy atom. The van der Waals surface area contributed by atoms with E-state index in [1.807, 2.05) is 31.2 Å². The van der Waals surface area contributed by atoms with Crippen LogP contribution in [-0.2, 0) is 0 Å². The number of nitrogens with zero attached hydrogens (tertiary/aromatic N) is 4. The Morgan fingerprint density at radius 3 is 2.56 bits per heavy atom. The molecule has 0 unspecified atom stereocenters. The Kier molecular flexibility index (Phi) is 3.74. The number of aliphatic imine (C=N–C) groups is 1. The van der Waals surface area contributed by atoms with Crippen LogP contribution < -0.4 is 10.1 Å². The van der Waals surface area contributed by atoms with Crippen molar-refractivity contribution in [2.45, 2.75) is 13.3 Å². The first kappa shape index (κ1) is 15.1. The van der Waals surface area contributed by atoms with Crippen LogP contribution in [-0.4, -0.2) is 26.4 Å². The molecule has 0 radical (unpaired) electrons. The van der Waals surface area contributed by atoms with E-state index in [2.05, 4.69) is 20.4 Å². The van der Waals surface area contributed by atoms with Crippen molar-refractivity contribution in [2.24, 2.45) is 4.99 Å². The van der Waals surface area contributed by atoms with Gasteiger partial charge in [0.1, 0.15) is 11.5 Å². The highest BCUT2D eigenvalue weighted by Gasteiger charge is 2.19. The topological polar surface area (TPSA) is 81.4 Å². The maximum atomic E-state index is 12.0. The van der Waals surface area contributed by atoms with Gasteiger partial charge in [-0.2, -0.15) is 4.68 Å². The lowest BCUT2D eigenvalue weighted by molar-refractivity contribution is 0.0906. The molecule has 2 aromatic heterocycles. The minimum absolute atomic E-state index is 0.0725. The van der Waals surface area contributed by atoms with Crippen molar-refractivity contribution in [3.63, 3.8) is 0 Å². The number of nitrogens with one attached hydrogen (secondary N) is 1. The summed E-state index contributed by atoms with van der Waals surface area (Å²) in [6, 6.07) is 12.8. The third kappa shape index (κ3) is 3.25. The number of fused-ring (bicyclic) bond motifs is 1. The molecule has 25 heavy (non-hydrogen) atoms. The molecule has 0 saturated heterocycles. The number of rotatable bonds is 4. The molecule has 7 heteroatoms. The van der Waals surface area contributed by atoms with E-state index in [0.717, 1.165) is 22.9 Å². The summed E-state index contributed by atoms with van der Waals surface area (Å²) in [5.41, 5.74) is 1.63. The van der Waals surface area contributed by atoms with Crippen molar-refractivity contribution in [1.82, 2.24) is 14.8 Å². The van der Waals surface area contributed by atoms with Crippen LogP contribution in [0, 0.1) is 0 Å². The Labute approximate surface area is 144 Å². The molecule has 1 aliphatic rings. The molecule has 0 amide bonds. The van der Waals surface area contributed by atoms with Gasteiger partial charge < -0.3 is 10.1 Å². The molecule has 1 N–H and O–H groups in total. The number of carbonyl (C=O) groups excluding carboxylic acids is 1. The molecular formula is C18H15N5O2. The van der Waals surface area contributed by atoms with Crippen molar-refractivity contribution >= 4 is 28.9 Å². The summed E-state index contributed by atoms with van der Waals surface area (Å²) in [6.07, 6.45) is 3.66. The van der Waals surface area contributed by atoms with Crippen LogP contribution in [0.5, 0.6) is 11.5 Å².